The molecule has 0 bridgehead atoms. The summed E-state index contributed by atoms with van der Waals surface area (Å²) in [6.07, 6.45) is -0.119. The van der Waals surface area contributed by atoms with Gasteiger partial charge in [-0.3, -0.25) is 14.4 Å². The highest BCUT2D eigenvalue weighted by Crippen LogP contribution is 2.19. The van der Waals surface area contributed by atoms with Gasteiger partial charge in [-0.25, -0.2) is 0 Å². The molecule has 0 aliphatic carbocycles. The van der Waals surface area contributed by atoms with Crippen LogP contribution >= 0.6 is 0 Å². The van der Waals surface area contributed by atoms with E-state index in [9.17, 15) is 14.4 Å². The molecule has 0 aromatic rings. The predicted molar refractivity (Wildman–Crippen MR) is 70.7 cm³/mol. The molecule has 0 radical (unpaired) electrons. The van der Waals surface area contributed by atoms with Gasteiger partial charge in [0.15, 0.2) is 0 Å². The molecular formula is C13H22N2O5. The second kappa shape index (κ2) is 7.23. The van der Waals surface area contributed by atoms with Crippen LogP contribution in [-0.2, 0) is 19.1 Å². The summed E-state index contributed by atoms with van der Waals surface area (Å²) in [7, 11) is 0. The Balaban J connectivity index is 2.42. The van der Waals surface area contributed by atoms with E-state index in [1.54, 1.807) is 0 Å². The van der Waals surface area contributed by atoms with Crippen molar-refractivity contribution in [3.8, 4) is 0 Å². The van der Waals surface area contributed by atoms with Gasteiger partial charge < -0.3 is 20.9 Å². The number of ether oxygens (including phenoxy) is 1. The van der Waals surface area contributed by atoms with E-state index in [2.05, 4.69) is 5.32 Å². The molecule has 20 heavy (non-hydrogen) atoms. The second-order valence-corrected chi connectivity index (χ2v) is 5.50. The summed E-state index contributed by atoms with van der Waals surface area (Å²) in [5, 5.41) is 11.6. The number of carboxylic acids is 1. The van der Waals surface area contributed by atoms with Crippen LogP contribution in [0.15, 0.2) is 0 Å². The molecule has 1 fully saturated rings. The van der Waals surface area contributed by atoms with Crippen LogP contribution in [0.5, 0.6) is 0 Å². The van der Waals surface area contributed by atoms with Crippen molar-refractivity contribution in [3.05, 3.63) is 0 Å². The summed E-state index contributed by atoms with van der Waals surface area (Å²) in [5.41, 5.74) is 5.10. The Hall–Kier alpha value is -1.63. The molecule has 1 saturated heterocycles. The van der Waals surface area contributed by atoms with Crippen LogP contribution in [0.4, 0.5) is 0 Å². The number of carbonyl (C=O) groups is 3. The van der Waals surface area contributed by atoms with E-state index in [0.29, 0.717) is 19.3 Å². The lowest BCUT2D eigenvalue weighted by Crippen LogP contribution is -2.40. The van der Waals surface area contributed by atoms with Gasteiger partial charge in [0.1, 0.15) is 12.2 Å². The molecule has 0 spiro atoms. The van der Waals surface area contributed by atoms with Crippen LogP contribution in [-0.4, -0.2) is 41.6 Å². The Labute approximate surface area is 117 Å². The first kappa shape index (κ1) is 16.4. The summed E-state index contributed by atoms with van der Waals surface area (Å²) in [4.78, 5) is 33.8. The number of amides is 2. The Kier molecular flexibility index (Phi) is 5.94. The van der Waals surface area contributed by atoms with Crippen LogP contribution in [0.2, 0.25) is 0 Å². The van der Waals surface area contributed by atoms with Crippen LogP contribution in [0.3, 0.4) is 0 Å². The Morgan fingerprint density at radius 3 is 2.35 bits per heavy atom. The minimum atomic E-state index is -0.929. The standard InChI is InChI=1S/C13H22N2O5/c1-7(2)5-8(13(18)19)6-15-12(17)10-4-3-9(20-10)11(14)16/h7-10H,3-6H2,1-2H3,(H2,14,16)(H,15,17)(H,18,19). The summed E-state index contributed by atoms with van der Waals surface area (Å²) in [5.74, 6) is -2.28. The average Bonchev–Trinajstić information content (AvgIpc) is 2.82. The van der Waals surface area contributed by atoms with Crippen molar-refractivity contribution in [2.24, 2.45) is 17.6 Å². The number of nitrogens with one attached hydrogen (secondary N) is 1. The third-order valence-electron chi connectivity index (χ3n) is 3.26. The average molecular weight is 286 g/mol. The quantitative estimate of drug-likeness (QED) is 0.603. The lowest BCUT2D eigenvalue weighted by molar-refractivity contribution is -0.142. The molecule has 1 rings (SSSR count). The van der Waals surface area contributed by atoms with Gasteiger partial charge in [0, 0.05) is 6.54 Å². The fourth-order valence-electron chi connectivity index (χ4n) is 2.22. The van der Waals surface area contributed by atoms with Gasteiger partial charge in [-0.1, -0.05) is 13.8 Å². The maximum absolute atomic E-state index is 11.8. The van der Waals surface area contributed by atoms with E-state index in [-0.39, 0.29) is 18.4 Å². The molecule has 7 heteroatoms. The van der Waals surface area contributed by atoms with Crippen molar-refractivity contribution < 1.29 is 24.2 Å². The third-order valence-corrected chi connectivity index (χ3v) is 3.26. The zero-order valence-corrected chi connectivity index (χ0v) is 11.8. The number of rotatable bonds is 7. The molecule has 0 aromatic carbocycles. The first-order valence-electron chi connectivity index (χ1n) is 6.76. The summed E-state index contributed by atoms with van der Waals surface area (Å²) in [6, 6.07) is 0. The highest BCUT2D eigenvalue weighted by atomic mass is 16.5. The van der Waals surface area contributed by atoms with Crippen molar-refractivity contribution in [2.75, 3.05) is 6.54 Å². The number of nitrogens with two attached hydrogens (primary N) is 1. The number of aliphatic carboxylic acids is 1. The second-order valence-electron chi connectivity index (χ2n) is 5.50. The monoisotopic (exact) mass is 286 g/mol. The maximum atomic E-state index is 11.8. The highest BCUT2D eigenvalue weighted by molar-refractivity contribution is 5.84. The SMILES string of the molecule is CC(C)CC(CNC(=O)C1CCC(C(N)=O)O1)C(=O)O. The smallest absolute Gasteiger partial charge is 0.308 e. The minimum absolute atomic E-state index is 0.0629. The van der Waals surface area contributed by atoms with Gasteiger partial charge in [0.25, 0.3) is 0 Å². The zero-order chi connectivity index (χ0) is 15.3. The number of carboxylic acid groups (broad SMARTS) is 1. The fraction of sp³-hybridized carbons (Fsp3) is 0.769. The molecule has 3 atom stereocenters. The summed E-state index contributed by atoms with van der Waals surface area (Å²) in [6.45, 7) is 3.91. The van der Waals surface area contributed by atoms with Gasteiger partial charge >= 0.3 is 5.97 Å². The third kappa shape index (κ3) is 4.80. The van der Waals surface area contributed by atoms with Crippen molar-refractivity contribution >= 4 is 17.8 Å². The molecule has 4 N–H and O–H groups in total. The van der Waals surface area contributed by atoms with Crippen molar-refractivity contribution in [1.82, 2.24) is 5.32 Å². The van der Waals surface area contributed by atoms with E-state index in [1.165, 1.54) is 0 Å². The zero-order valence-electron chi connectivity index (χ0n) is 11.8. The maximum Gasteiger partial charge on any atom is 0.308 e. The normalized spacial score (nSPS) is 23.6. The van der Waals surface area contributed by atoms with E-state index < -0.39 is 30.0 Å². The first-order chi connectivity index (χ1) is 9.31. The molecule has 0 saturated carbocycles. The molecule has 3 unspecified atom stereocenters. The minimum Gasteiger partial charge on any atom is -0.481 e. The summed E-state index contributed by atoms with van der Waals surface area (Å²) >= 11 is 0. The number of primary amides is 1. The highest BCUT2D eigenvalue weighted by Gasteiger charge is 2.34. The van der Waals surface area contributed by atoms with Crippen LogP contribution in [0.1, 0.15) is 33.1 Å². The molecule has 2 amide bonds. The Morgan fingerprint density at radius 1 is 1.30 bits per heavy atom. The molecule has 1 heterocycles. The van der Waals surface area contributed by atoms with Crippen molar-refractivity contribution in [3.63, 3.8) is 0 Å². The van der Waals surface area contributed by atoms with E-state index in [0.717, 1.165) is 0 Å². The topological polar surface area (TPSA) is 119 Å². The predicted octanol–water partition coefficient (Wildman–Crippen LogP) is -0.118. The first-order valence-corrected chi connectivity index (χ1v) is 6.76. The molecule has 1 aliphatic rings. The molecular weight excluding hydrogens is 264 g/mol. The number of hydrogen-bond donors (Lipinski definition) is 3. The van der Waals surface area contributed by atoms with Crippen LogP contribution in [0.25, 0.3) is 0 Å². The van der Waals surface area contributed by atoms with Crippen LogP contribution < -0.4 is 11.1 Å². The lowest BCUT2D eigenvalue weighted by atomic mass is 9.97. The van der Waals surface area contributed by atoms with Crippen LogP contribution in [0, 0.1) is 11.8 Å². The van der Waals surface area contributed by atoms with Gasteiger partial charge in [-0.15, -0.1) is 0 Å². The van der Waals surface area contributed by atoms with E-state index >= 15 is 0 Å². The van der Waals surface area contributed by atoms with Gasteiger partial charge in [0.2, 0.25) is 11.8 Å². The molecule has 1 aliphatic heterocycles. The number of carbonyl (C=O) groups excluding carboxylic acids is 2. The molecule has 0 aromatic heterocycles. The van der Waals surface area contributed by atoms with Crippen molar-refractivity contribution in [2.45, 2.75) is 45.3 Å². The van der Waals surface area contributed by atoms with Crippen molar-refractivity contribution in [1.29, 1.82) is 0 Å². The van der Waals surface area contributed by atoms with Gasteiger partial charge in [0.05, 0.1) is 5.92 Å². The van der Waals surface area contributed by atoms with Gasteiger partial charge in [-0.2, -0.15) is 0 Å². The Bertz CT molecular complexity index is 383. The Morgan fingerprint density at radius 2 is 1.90 bits per heavy atom. The molecule has 114 valence electrons. The fourth-order valence-corrected chi connectivity index (χ4v) is 2.22. The number of hydrogen-bond acceptors (Lipinski definition) is 4. The van der Waals surface area contributed by atoms with E-state index in [1.807, 2.05) is 13.8 Å². The molecule has 7 nitrogen and oxygen atoms in total. The lowest BCUT2D eigenvalue weighted by Gasteiger charge is -2.17. The van der Waals surface area contributed by atoms with Gasteiger partial charge in [-0.05, 0) is 25.2 Å². The summed E-state index contributed by atoms with van der Waals surface area (Å²) < 4.78 is 5.22. The largest absolute Gasteiger partial charge is 0.481 e. The van der Waals surface area contributed by atoms with E-state index in [4.69, 9.17) is 15.6 Å².